The fraction of sp³-hybridized carbons (Fsp3) is 0.750. The first kappa shape index (κ1) is 14.8. The van der Waals surface area contributed by atoms with E-state index < -0.39 is 48.0 Å². The van der Waals surface area contributed by atoms with Gasteiger partial charge in [0, 0.05) is 0 Å². The highest BCUT2D eigenvalue weighted by atomic mass is 16.7. The highest BCUT2D eigenvalue weighted by Gasteiger charge is 2.67. The lowest BCUT2D eigenvalue weighted by molar-refractivity contribution is -0.338. The van der Waals surface area contributed by atoms with Crippen LogP contribution in [0, 0.1) is 10.8 Å². The zero-order chi connectivity index (χ0) is 14.3. The van der Waals surface area contributed by atoms with Crippen LogP contribution in [0.2, 0.25) is 0 Å². The molecule has 1 rings (SSSR count). The van der Waals surface area contributed by atoms with Crippen LogP contribution in [0.1, 0.15) is 0 Å². The van der Waals surface area contributed by atoms with E-state index in [9.17, 15) is 20.4 Å². The van der Waals surface area contributed by atoms with E-state index in [1.165, 1.54) is 0 Å². The second-order valence-corrected chi connectivity index (χ2v) is 4.01. The topological polar surface area (TPSA) is 210 Å². The molecule has 0 radical (unpaired) electrons. The molecule has 0 aliphatic carbocycles. The molecule has 0 spiro atoms. The highest BCUT2D eigenvalue weighted by Crippen LogP contribution is 2.36. The number of ether oxygens (including phenoxy) is 1. The molecular formula is C8H16N4O6. The molecule has 104 valence electrons. The van der Waals surface area contributed by atoms with Gasteiger partial charge in [0.05, 0.1) is 6.61 Å². The molecule has 1 unspecified atom stereocenters. The largest absolute Gasteiger partial charge is 0.394 e. The van der Waals surface area contributed by atoms with Crippen LogP contribution in [0.5, 0.6) is 0 Å². The minimum Gasteiger partial charge on any atom is -0.394 e. The average Bonchev–Trinajstić information content (AvgIpc) is 2.30. The summed E-state index contributed by atoms with van der Waals surface area (Å²) in [6.07, 6.45) is -5.51. The van der Waals surface area contributed by atoms with E-state index in [1.54, 1.807) is 0 Å². The lowest BCUT2D eigenvalue weighted by atomic mass is 9.78. The predicted molar refractivity (Wildman–Crippen MR) is 57.7 cm³/mol. The van der Waals surface area contributed by atoms with E-state index in [0.717, 1.165) is 0 Å². The standard InChI is InChI=1S/C8H16N4O6/c9-5(10)7(16)4(15)3(14)2(1-13)18-8(7,17)6(11)12/h2-4,13-17H,1H2,(H3,9,10)(H3,11,12)/t2-,3-,4+,7+,8?/m1/s1. The molecule has 1 aliphatic heterocycles. The van der Waals surface area contributed by atoms with Gasteiger partial charge in [-0.1, -0.05) is 0 Å². The zero-order valence-electron chi connectivity index (χ0n) is 9.24. The van der Waals surface area contributed by atoms with Crippen molar-refractivity contribution in [2.75, 3.05) is 6.61 Å². The minimum absolute atomic E-state index is 0.818. The molecule has 0 bridgehead atoms. The molecule has 18 heavy (non-hydrogen) atoms. The normalized spacial score (nSPS) is 44.6. The molecule has 0 aromatic carbocycles. The monoisotopic (exact) mass is 264 g/mol. The van der Waals surface area contributed by atoms with E-state index in [2.05, 4.69) is 0 Å². The van der Waals surface area contributed by atoms with Crippen molar-refractivity contribution >= 4 is 11.7 Å². The maximum absolute atomic E-state index is 10.1. The maximum Gasteiger partial charge on any atom is 0.265 e. The summed E-state index contributed by atoms with van der Waals surface area (Å²) in [6, 6.07) is 0. The Morgan fingerprint density at radius 1 is 1.17 bits per heavy atom. The molecule has 10 heteroatoms. The summed E-state index contributed by atoms with van der Waals surface area (Å²) in [5, 5.41) is 62.6. The Bertz CT molecular complexity index is 379. The van der Waals surface area contributed by atoms with Crippen molar-refractivity contribution in [3.05, 3.63) is 0 Å². The third kappa shape index (κ3) is 1.67. The van der Waals surface area contributed by atoms with Gasteiger partial charge in [-0.15, -0.1) is 0 Å². The van der Waals surface area contributed by atoms with E-state index in [1.807, 2.05) is 0 Å². The molecule has 0 amide bonds. The SMILES string of the molecule is N=C(N)C1(O)O[C@H](CO)[C@@H](O)[C@H](O)[C@]1(O)C(=N)N. The van der Waals surface area contributed by atoms with Gasteiger partial charge in [0.15, 0.2) is 5.84 Å². The quantitative estimate of drug-likeness (QED) is 0.178. The minimum atomic E-state index is -3.02. The Kier molecular flexibility index (Phi) is 3.63. The third-order valence-corrected chi connectivity index (χ3v) is 2.93. The number of hydrogen-bond acceptors (Lipinski definition) is 8. The van der Waals surface area contributed by atoms with E-state index in [-0.39, 0.29) is 0 Å². The number of hydrogen-bond donors (Lipinski definition) is 9. The van der Waals surface area contributed by atoms with Crippen molar-refractivity contribution < 1.29 is 30.3 Å². The molecule has 1 aliphatic rings. The summed E-state index contributed by atoms with van der Waals surface area (Å²) in [7, 11) is 0. The number of amidine groups is 2. The molecule has 0 aromatic heterocycles. The Balaban J connectivity index is 3.36. The summed E-state index contributed by atoms with van der Waals surface area (Å²) in [5.74, 6) is -5.31. The van der Waals surface area contributed by atoms with Crippen LogP contribution in [0.15, 0.2) is 0 Å². The van der Waals surface area contributed by atoms with Gasteiger partial charge in [0.25, 0.3) is 5.79 Å². The molecule has 11 N–H and O–H groups in total. The summed E-state index contributed by atoms with van der Waals surface area (Å²) in [5.41, 5.74) is 7.13. The summed E-state index contributed by atoms with van der Waals surface area (Å²) in [6.45, 7) is -0.818. The van der Waals surface area contributed by atoms with Crippen LogP contribution in [0.4, 0.5) is 0 Å². The maximum atomic E-state index is 10.1. The molecule has 5 atom stereocenters. The van der Waals surface area contributed by atoms with Crippen molar-refractivity contribution in [3.8, 4) is 0 Å². The van der Waals surface area contributed by atoms with Crippen molar-refractivity contribution in [2.45, 2.75) is 29.7 Å². The lowest BCUT2D eigenvalue weighted by Crippen LogP contribution is -2.80. The molecule has 1 saturated heterocycles. The van der Waals surface area contributed by atoms with Gasteiger partial charge in [-0.3, -0.25) is 10.8 Å². The number of aliphatic hydroxyl groups excluding tert-OH is 3. The van der Waals surface area contributed by atoms with E-state index in [4.69, 9.17) is 32.1 Å². The smallest absolute Gasteiger partial charge is 0.265 e. The van der Waals surface area contributed by atoms with Crippen molar-refractivity contribution in [1.82, 2.24) is 0 Å². The molecule has 0 aromatic rings. The van der Waals surface area contributed by atoms with Gasteiger partial charge in [0.2, 0.25) is 5.60 Å². The molecular weight excluding hydrogens is 248 g/mol. The van der Waals surface area contributed by atoms with Gasteiger partial charge in [-0.2, -0.15) is 0 Å². The van der Waals surface area contributed by atoms with E-state index >= 15 is 0 Å². The second kappa shape index (κ2) is 4.42. The first-order valence-corrected chi connectivity index (χ1v) is 4.91. The van der Waals surface area contributed by atoms with Crippen molar-refractivity contribution in [3.63, 3.8) is 0 Å². The van der Waals surface area contributed by atoms with Gasteiger partial charge >= 0.3 is 0 Å². The fourth-order valence-corrected chi connectivity index (χ4v) is 1.79. The van der Waals surface area contributed by atoms with E-state index in [0.29, 0.717) is 0 Å². The first-order chi connectivity index (χ1) is 8.12. The Morgan fingerprint density at radius 2 is 1.67 bits per heavy atom. The number of aliphatic hydroxyl groups is 5. The molecule has 1 heterocycles. The summed E-state index contributed by atoms with van der Waals surface area (Å²) < 4.78 is 4.72. The summed E-state index contributed by atoms with van der Waals surface area (Å²) >= 11 is 0. The van der Waals surface area contributed by atoms with Gasteiger partial charge in [-0.25, -0.2) is 0 Å². The van der Waals surface area contributed by atoms with Crippen molar-refractivity contribution in [1.29, 1.82) is 10.8 Å². The summed E-state index contributed by atoms with van der Waals surface area (Å²) in [4.78, 5) is 0. The number of nitrogens with two attached hydrogens (primary N) is 2. The second-order valence-electron chi connectivity index (χ2n) is 4.01. The van der Waals surface area contributed by atoms with Crippen LogP contribution in [-0.2, 0) is 4.74 Å². The van der Waals surface area contributed by atoms with Crippen LogP contribution < -0.4 is 11.5 Å². The lowest BCUT2D eigenvalue weighted by Gasteiger charge is -2.51. The Hall–Kier alpha value is -1.30. The third-order valence-electron chi connectivity index (χ3n) is 2.93. The predicted octanol–water partition coefficient (Wildman–Crippen LogP) is -4.61. The van der Waals surface area contributed by atoms with Crippen molar-refractivity contribution in [2.24, 2.45) is 11.5 Å². The van der Waals surface area contributed by atoms with Gasteiger partial charge in [-0.05, 0) is 0 Å². The van der Waals surface area contributed by atoms with Crippen LogP contribution in [-0.4, -0.2) is 73.5 Å². The number of rotatable bonds is 3. The molecule has 0 saturated carbocycles. The van der Waals surface area contributed by atoms with Crippen LogP contribution >= 0.6 is 0 Å². The molecule has 10 nitrogen and oxygen atoms in total. The highest BCUT2D eigenvalue weighted by molar-refractivity contribution is 5.98. The Morgan fingerprint density at radius 3 is 2.00 bits per heavy atom. The van der Waals surface area contributed by atoms with Crippen LogP contribution in [0.3, 0.4) is 0 Å². The zero-order valence-corrected chi connectivity index (χ0v) is 9.24. The average molecular weight is 264 g/mol. The van der Waals surface area contributed by atoms with Crippen LogP contribution in [0.25, 0.3) is 0 Å². The fourth-order valence-electron chi connectivity index (χ4n) is 1.79. The van der Waals surface area contributed by atoms with Gasteiger partial charge in [0.1, 0.15) is 24.1 Å². The van der Waals surface area contributed by atoms with Gasteiger partial charge < -0.3 is 41.7 Å². The number of nitrogens with one attached hydrogen (secondary N) is 2. The first-order valence-electron chi connectivity index (χ1n) is 4.91. The Labute approximate surface area is 101 Å². The molecule has 1 fully saturated rings.